The predicted octanol–water partition coefficient (Wildman–Crippen LogP) is 4.76. The number of nitrogens with one attached hydrogen (secondary N) is 2. The minimum absolute atomic E-state index is 0.267. The van der Waals surface area contributed by atoms with Gasteiger partial charge in [0.15, 0.2) is 0 Å². The molecule has 2 aromatic heterocycles. The molecule has 4 rings (SSSR count). The van der Waals surface area contributed by atoms with Crippen molar-refractivity contribution in [3.05, 3.63) is 47.7 Å². The maximum atomic E-state index is 6.04. The fourth-order valence-corrected chi connectivity index (χ4v) is 3.90. The molecule has 0 saturated carbocycles. The summed E-state index contributed by atoms with van der Waals surface area (Å²) in [6, 6.07) is 10.00. The lowest BCUT2D eigenvalue weighted by Gasteiger charge is -2.19. The maximum absolute atomic E-state index is 6.04. The lowest BCUT2D eigenvalue weighted by Crippen LogP contribution is -2.23. The molecule has 1 aliphatic heterocycles. The molecule has 7 heteroatoms. The fourth-order valence-electron chi connectivity index (χ4n) is 3.90. The van der Waals surface area contributed by atoms with Gasteiger partial charge in [0.2, 0.25) is 0 Å². The van der Waals surface area contributed by atoms with Crippen LogP contribution in [0, 0.1) is 0 Å². The normalized spacial score (nSPS) is 15.6. The molecule has 0 fully saturated rings. The molecule has 164 valence electrons. The Morgan fingerprint density at radius 2 is 2.13 bits per heavy atom. The minimum Gasteiger partial charge on any atom is -0.497 e. The Morgan fingerprint density at radius 1 is 1.23 bits per heavy atom. The number of hydrogen-bond acceptors (Lipinski definition) is 7. The number of pyridine rings is 2. The summed E-state index contributed by atoms with van der Waals surface area (Å²) in [5, 5.41) is 7.20. The highest BCUT2D eigenvalue weighted by molar-refractivity contribution is 5.92. The Balaban J connectivity index is 1.67. The van der Waals surface area contributed by atoms with Crippen LogP contribution < -0.4 is 20.1 Å². The van der Waals surface area contributed by atoms with Crippen molar-refractivity contribution in [3.63, 3.8) is 0 Å². The molecular formula is C24H30N4O3. The Labute approximate surface area is 183 Å². The van der Waals surface area contributed by atoms with Crippen LogP contribution in [0.2, 0.25) is 0 Å². The van der Waals surface area contributed by atoms with Crippen LogP contribution in [0.15, 0.2) is 36.5 Å². The number of fused-ring (bicyclic) bond motifs is 3. The first-order valence-corrected chi connectivity index (χ1v) is 10.8. The van der Waals surface area contributed by atoms with Crippen LogP contribution in [-0.4, -0.2) is 36.8 Å². The first-order chi connectivity index (χ1) is 15.2. The second-order valence-electron chi connectivity index (χ2n) is 7.72. The number of unbranched alkanes of at least 4 members (excludes halogenated alkanes) is 1. The van der Waals surface area contributed by atoms with E-state index in [1.54, 1.807) is 14.2 Å². The van der Waals surface area contributed by atoms with E-state index in [9.17, 15) is 0 Å². The summed E-state index contributed by atoms with van der Waals surface area (Å²) in [6.07, 6.45) is 5.21. The summed E-state index contributed by atoms with van der Waals surface area (Å²) >= 11 is 0. The molecule has 1 aliphatic rings. The third kappa shape index (κ3) is 4.66. The lowest BCUT2D eigenvalue weighted by atomic mass is 10.1. The summed E-state index contributed by atoms with van der Waals surface area (Å²) in [7, 11) is 3.31. The van der Waals surface area contributed by atoms with Crippen molar-refractivity contribution in [1.82, 2.24) is 9.97 Å². The third-order valence-corrected chi connectivity index (χ3v) is 5.60. The summed E-state index contributed by atoms with van der Waals surface area (Å²) in [5.41, 5.74) is 4.80. The van der Waals surface area contributed by atoms with Gasteiger partial charge in [-0.05, 0) is 30.7 Å². The molecule has 1 aromatic carbocycles. The standard InChI is InChI=1S/C24H30N4O3/c1-4-5-7-17-14-31-15-19-22(27-17)23-20(8-6-11-25-23)28-24(19)26-13-16-9-10-18(29-2)12-21(16)30-3/h6,8-12,17,27H,4-5,7,13-15H2,1-3H3,(H,26,28)/t17-/m1/s1. The number of aromatic nitrogens is 2. The molecule has 0 radical (unpaired) electrons. The zero-order valence-corrected chi connectivity index (χ0v) is 18.4. The van der Waals surface area contributed by atoms with Gasteiger partial charge < -0.3 is 24.8 Å². The molecule has 3 heterocycles. The van der Waals surface area contributed by atoms with Gasteiger partial charge in [-0.2, -0.15) is 0 Å². The first kappa shape index (κ1) is 21.2. The molecule has 3 aromatic rings. The van der Waals surface area contributed by atoms with Crippen LogP contribution in [0.5, 0.6) is 11.5 Å². The van der Waals surface area contributed by atoms with Gasteiger partial charge in [-0.15, -0.1) is 0 Å². The van der Waals surface area contributed by atoms with Crippen molar-refractivity contribution in [2.45, 2.75) is 45.4 Å². The van der Waals surface area contributed by atoms with E-state index in [0.717, 1.165) is 64.4 Å². The van der Waals surface area contributed by atoms with E-state index in [4.69, 9.17) is 19.2 Å². The van der Waals surface area contributed by atoms with Gasteiger partial charge >= 0.3 is 0 Å². The van der Waals surface area contributed by atoms with Gasteiger partial charge in [0, 0.05) is 36.0 Å². The first-order valence-electron chi connectivity index (χ1n) is 10.8. The summed E-state index contributed by atoms with van der Waals surface area (Å²) in [6.45, 7) is 3.95. The highest BCUT2D eigenvalue weighted by atomic mass is 16.5. The zero-order chi connectivity index (χ0) is 21.6. The van der Waals surface area contributed by atoms with Gasteiger partial charge in [0.25, 0.3) is 0 Å². The van der Waals surface area contributed by atoms with E-state index in [1.165, 1.54) is 0 Å². The van der Waals surface area contributed by atoms with Crippen LogP contribution in [0.3, 0.4) is 0 Å². The molecule has 2 N–H and O–H groups in total. The van der Waals surface area contributed by atoms with Crippen molar-refractivity contribution in [1.29, 1.82) is 0 Å². The predicted molar refractivity (Wildman–Crippen MR) is 123 cm³/mol. The van der Waals surface area contributed by atoms with Gasteiger partial charge in [0.1, 0.15) is 22.8 Å². The molecule has 0 aliphatic carbocycles. The highest BCUT2D eigenvalue weighted by Gasteiger charge is 2.23. The number of nitrogens with zero attached hydrogens (tertiary/aromatic N) is 2. The van der Waals surface area contributed by atoms with Gasteiger partial charge in [-0.1, -0.05) is 19.8 Å². The van der Waals surface area contributed by atoms with E-state index in [-0.39, 0.29) is 6.04 Å². The van der Waals surface area contributed by atoms with E-state index >= 15 is 0 Å². The molecule has 0 unspecified atom stereocenters. The van der Waals surface area contributed by atoms with Crippen LogP contribution in [0.1, 0.15) is 37.3 Å². The zero-order valence-electron chi connectivity index (χ0n) is 18.4. The smallest absolute Gasteiger partial charge is 0.134 e. The molecule has 31 heavy (non-hydrogen) atoms. The van der Waals surface area contributed by atoms with Crippen molar-refractivity contribution in [2.24, 2.45) is 0 Å². The highest BCUT2D eigenvalue weighted by Crippen LogP contribution is 2.34. The second kappa shape index (κ2) is 9.83. The fraction of sp³-hybridized carbons (Fsp3) is 0.417. The number of anilines is 2. The third-order valence-electron chi connectivity index (χ3n) is 5.60. The molecule has 0 bridgehead atoms. The number of methoxy groups -OCH3 is 2. The Morgan fingerprint density at radius 3 is 2.94 bits per heavy atom. The van der Waals surface area contributed by atoms with Crippen molar-refractivity contribution in [3.8, 4) is 11.5 Å². The van der Waals surface area contributed by atoms with Crippen molar-refractivity contribution >= 4 is 22.5 Å². The average molecular weight is 423 g/mol. The maximum Gasteiger partial charge on any atom is 0.134 e. The number of rotatable bonds is 8. The van der Waals surface area contributed by atoms with E-state index in [2.05, 4.69) is 22.5 Å². The number of ether oxygens (including phenoxy) is 3. The van der Waals surface area contributed by atoms with E-state index < -0.39 is 0 Å². The van der Waals surface area contributed by atoms with Crippen LogP contribution >= 0.6 is 0 Å². The van der Waals surface area contributed by atoms with E-state index in [0.29, 0.717) is 19.8 Å². The Kier molecular flexibility index (Phi) is 6.72. The molecule has 0 saturated heterocycles. The van der Waals surface area contributed by atoms with Gasteiger partial charge in [-0.25, -0.2) is 4.98 Å². The van der Waals surface area contributed by atoms with Gasteiger partial charge in [-0.3, -0.25) is 4.98 Å². The summed E-state index contributed by atoms with van der Waals surface area (Å²) in [4.78, 5) is 9.48. The molecule has 0 amide bonds. The van der Waals surface area contributed by atoms with Crippen LogP contribution in [0.4, 0.5) is 11.5 Å². The minimum atomic E-state index is 0.267. The molecule has 1 atom stereocenters. The van der Waals surface area contributed by atoms with Crippen LogP contribution in [-0.2, 0) is 17.9 Å². The lowest BCUT2D eigenvalue weighted by molar-refractivity contribution is 0.115. The number of hydrogen-bond donors (Lipinski definition) is 2. The van der Waals surface area contributed by atoms with Gasteiger partial charge in [0.05, 0.1) is 38.6 Å². The quantitative estimate of drug-likeness (QED) is 0.542. The molecule has 0 spiro atoms. The van der Waals surface area contributed by atoms with E-state index in [1.807, 2.05) is 36.5 Å². The number of benzene rings is 1. The van der Waals surface area contributed by atoms with Crippen LogP contribution in [0.25, 0.3) is 11.0 Å². The largest absolute Gasteiger partial charge is 0.497 e. The SMILES string of the molecule is CCCC[C@@H]1COCc2c(NCc3ccc(OC)cc3OC)nc3cccnc3c2N1. The topological polar surface area (TPSA) is 77.5 Å². The average Bonchev–Trinajstić information content (AvgIpc) is 3.04. The Bertz CT molecular complexity index is 1040. The summed E-state index contributed by atoms with van der Waals surface area (Å²) in [5.74, 6) is 2.34. The van der Waals surface area contributed by atoms with Crippen molar-refractivity contribution in [2.75, 3.05) is 31.5 Å². The second-order valence-corrected chi connectivity index (χ2v) is 7.72. The van der Waals surface area contributed by atoms with Crippen molar-refractivity contribution < 1.29 is 14.2 Å². The Hall–Kier alpha value is -3.06. The monoisotopic (exact) mass is 422 g/mol. The molecular weight excluding hydrogens is 392 g/mol. The summed E-state index contributed by atoms with van der Waals surface area (Å²) < 4.78 is 16.9. The molecule has 7 nitrogen and oxygen atoms in total.